The van der Waals surface area contributed by atoms with Crippen LogP contribution >= 0.6 is 11.6 Å². The minimum Gasteiger partial charge on any atom is -0.396 e. The number of nitro benzene ring substituents is 1. The highest BCUT2D eigenvalue weighted by Crippen LogP contribution is 2.32. The first-order chi connectivity index (χ1) is 8.86. The average molecular weight is 307 g/mol. The van der Waals surface area contributed by atoms with Crippen LogP contribution in [0.1, 0.15) is 0 Å². The van der Waals surface area contributed by atoms with E-state index in [1.807, 2.05) is 0 Å². The van der Waals surface area contributed by atoms with Crippen LogP contribution < -0.4 is 0 Å². The number of benzene rings is 1. The third-order valence-corrected chi connectivity index (χ3v) is 5.03. The average Bonchev–Trinajstić information content (AvgIpc) is 2.26. The molecule has 1 fully saturated rings. The van der Waals surface area contributed by atoms with Gasteiger partial charge in [0.15, 0.2) is 4.90 Å². The predicted molar refractivity (Wildman–Crippen MR) is 67.4 cm³/mol. The number of nitrogens with zero attached hydrogens (tertiary/aromatic N) is 2. The predicted octanol–water partition coefficient (Wildman–Crippen LogP) is 0.861. The highest BCUT2D eigenvalue weighted by Gasteiger charge is 2.39. The highest BCUT2D eigenvalue weighted by molar-refractivity contribution is 7.89. The fourth-order valence-electron chi connectivity index (χ4n) is 1.82. The van der Waals surface area contributed by atoms with E-state index in [0.29, 0.717) is 0 Å². The zero-order valence-electron chi connectivity index (χ0n) is 9.69. The van der Waals surface area contributed by atoms with Gasteiger partial charge in [0.2, 0.25) is 10.0 Å². The standard InChI is InChI=1S/C10H11ClN2O5S/c11-8-1-2-10(9(3-8)13(15)16)19(17,18)12-4-7(5-12)6-14/h1-3,7,14H,4-6H2. The number of nitro groups is 1. The molecule has 1 aromatic rings. The monoisotopic (exact) mass is 306 g/mol. The van der Waals surface area contributed by atoms with Crippen molar-refractivity contribution in [2.45, 2.75) is 4.90 Å². The van der Waals surface area contributed by atoms with Crippen LogP contribution in [0.3, 0.4) is 0 Å². The van der Waals surface area contributed by atoms with Crippen LogP contribution in [0.15, 0.2) is 23.1 Å². The summed E-state index contributed by atoms with van der Waals surface area (Å²) in [5.41, 5.74) is -0.542. The molecule has 1 aromatic carbocycles. The maximum absolute atomic E-state index is 12.2. The van der Waals surface area contributed by atoms with Gasteiger partial charge in [-0.15, -0.1) is 0 Å². The zero-order valence-corrected chi connectivity index (χ0v) is 11.3. The van der Waals surface area contributed by atoms with Crippen LogP contribution in [0.2, 0.25) is 5.02 Å². The molecule has 0 amide bonds. The Bertz CT molecular complexity index is 612. The summed E-state index contributed by atoms with van der Waals surface area (Å²) >= 11 is 5.64. The van der Waals surface area contributed by atoms with Crippen molar-refractivity contribution in [3.8, 4) is 0 Å². The van der Waals surface area contributed by atoms with Crippen LogP contribution in [0.25, 0.3) is 0 Å². The first kappa shape index (κ1) is 14.2. The lowest BCUT2D eigenvalue weighted by Crippen LogP contribution is -2.51. The van der Waals surface area contributed by atoms with Crippen molar-refractivity contribution in [2.24, 2.45) is 5.92 Å². The number of aliphatic hydroxyl groups is 1. The molecule has 1 N–H and O–H groups in total. The zero-order chi connectivity index (χ0) is 14.2. The Hall–Kier alpha value is -1.22. The molecule has 0 unspecified atom stereocenters. The molecule has 0 atom stereocenters. The van der Waals surface area contributed by atoms with Gasteiger partial charge in [0, 0.05) is 36.7 Å². The molecule has 1 aliphatic heterocycles. The Morgan fingerprint density at radius 3 is 2.63 bits per heavy atom. The van der Waals surface area contributed by atoms with Gasteiger partial charge in [-0.3, -0.25) is 10.1 Å². The molecule has 0 saturated carbocycles. The summed E-state index contributed by atoms with van der Waals surface area (Å²) in [6.07, 6.45) is 0. The summed E-state index contributed by atoms with van der Waals surface area (Å²) in [6.45, 7) is 0.228. The molecule has 9 heteroatoms. The van der Waals surface area contributed by atoms with E-state index in [9.17, 15) is 18.5 Å². The van der Waals surface area contributed by atoms with E-state index in [1.54, 1.807) is 0 Å². The van der Waals surface area contributed by atoms with Gasteiger partial charge < -0.3 is 5.11 Å². The first-order valence-corrected chi connectivity index (χ1v) is 7.23. The number of halogens is 1. The van der Waals surface area contributed by atoms with E-state index in [4.69, 9.17) is 16.7 Å². The van der Waals surface area contributed by atoms with Gasteiger partial charge in [-0.2, -0.15) is 4.31 Å². The SMILES string of the molecule is O=[N+]([O-])c1cc(Cl)ccc1S(=O)(=O)N1CC(CO)C1. The molecule has 0 radical (unpaired) electrons. The second kappa shape index (κ2) is 5.04. The molecule has 0 aliphatic carbocycles. The van der Waals surface area contributed by atoms with Crippen LogP contribution in [0.5, 0.6) is 0 Å². The molecule has 0 aromatic heterocycles. The van der Waals surface area contributed by atoms with Gasteiger partial charge in [-0.25, -0.2) is 8.42 Å². The van der Waals surface area contributed by atoms with E-state index >= 15 is 0 Å². The third kappa shape index (κ3) is 2.57. The minimum atomic E-state index is -3.92. The van der Waals surface area contributed by atoms with Gasteiger partial charge in [-0.05, 0) is 12.1 Å². The van der Waals surface area contributed by atoms with Crippen LogP contribution in [0, 0.1) is 16.0 Å². The number of hydrogen-bond acceptors (Lipinski definition) is 5. The normalized spacial score (nSPS) is 17.2. The number of hydrogen-bond donors (Lipinski definition) is 1. The van der Waals surface area contributed by atoms with Crippen molar-refractivity contribution in [1.29, 1.82) is 0 Å². The minimum absolute atomic E-state index is 0.0995. The Morgan fingerprint density at radius 1 is 1.47 bits per heavy atom. The van der Waals surface area contributed by atoms with Crippen molar-refractivity contribution in [3.05, 3.63) is 33.3 Å². The van der Waals surface area contributed by atoms with Crippen LogP contribution in [0.4, 0.5) is 5.69 Å². The largest absolute Gasteiger partial charge is 0.396 e. The summed E-state index contributed by atoms with van der Waals surface area (Å²) in [5.74, 6) is -0.110. The van der Waals surface area contributed by atoms with Crippen molar-refractivity contribution in [2.75, 3.05) is 19.7 Å². The lowest BCUT2D eigenvalue weighted by molar-refractivity contribution is -0.387. The van der Waals surface area contributed by atoms with E-state index in [0.717, 1.165) is 16.4 Å². The second-order valence-corrected chi connectivity index (χ2v) is 6.58. The molecule has 0 spiro atoms. The Morgan fingerprint density at radius 2 is 2.11 bits per heavy atom. The number of sulfonamides is 1. The molecule has 2 rings (SSSR count). The Kier molecular flexibility index (Phi) is 3.77. The molecule has 7 nitrogen and oxygen atoms in total. The molecule has 19 heavy (non-hydrogen) atoms. The fraction of sp³-hybridized carbons (Fsp3) is 0.400. The summed E-state index contributed by atoms with van der Waals surface area (Å²) in [6, 6.07) is 3.44. The first-order valence-electron chi connectivity index (χ1n) is 5.41. The molecule has 1 saturated heterocycles. The van der Waals surface area contributed by atoms with Gasteiger partial charge in [0.05, 0.1) is 4.92 Å². The molecule has 0 bridgehead atoms. The van der Waals surface area contributed by atoms with Gasteiger partial charge in [0.25, 0.3) is 5.69 Å². The van der Waals surface area contributed by atoms with Crippen molar-refractivity contribution in [3.63, 3.8) is 0 Å². The van der Waals surface area contributed by atoms with E-state index in [1.165, 1.54) is 6.07 Å². The van der Waals surface area contributed by atoms with Crippen molar-refractivity contribution >= 4 is 27.3 Å². The second-order valence-electron chi connectivity index (χ2n) is 4.24. The quantitative estimate of drug-likeness (QED) is 0.657. The summed E-state index contributed by atoms with van der Waals surface area (Å²) in [7, 11) is -3.92. The van der Waals surface area contributed by atoms with E-state index in [2.05, 4.69) is 0 Å². The molecule has 1 heterocycles. The smallest absolute Gasteiger partial charge is 0.290 e. The Labute approximate surface area is 114 Å². The summed E-state index contributed by atoms with van der Waals surface area (Å²) in [5, 5.41) is 19.9. The number of rotatable bonds is 4. The molecular weight excluding hydrogens is 296 g/mol. The van der Waals surface area contributed by atoms with Crippen molar-refractivity contribution in [1.82, 2.24) is 4.31 Å². The molecular formula is C10H11ClN2O5S. The lowest BCUT2D eigenvalue weighted by Gasteiger charge is -2.36. The fourth-order valence-corrected chi connectivity index (χ4v) is 3.72. The number of aliphatic hydroxyl groups excluding tert-OH is 1. The van der Waals surface area contributed by atoms with Crippen LogP contribution in [-0.2, 0) is 10.0 Å². The highest BCUT2D eigenvalue weighted by atomic mass is 35.5. The van der Waals surface area contributed by atoms with Crippen molar-refractivity contribution < 1.29 is 18.4 Å². The Balaban J connectivity index is 2.39. The van der Waals surface area contributed by atoms with E-state index < -0.39 is 20.6 Å². The summed E-state index contributed by atoms with van der Waals surface area (Å²) in [4.78, 5) is 9.74. The van der Waals surface area contributed by atoms with Gasteiger partial charge in [-0.1, -0.05) is 11.6 Å². The van der Waals surface area contributed by atoms with E-state index in [-0.39, 0.29) is 35.5 Å². The maximum atomic E-state index is 12.2. The summed E-state index contributed by atoms with van der Waals surface area (Å²) < 4.78 is 25.5. The maximum Gasteiger partial charge on any atom is 0.290 e. The topological polar surface area (TPSA) is 101 Å². The lowest BCUT2D eigenvalue weighted by atomic mass is 10.1. The molecule has 104 valence electrons. The van der Waals surface area contributed by atoms with Gasteiger partial charge in [0.1, 0.15) is 0 Å². The van der Waals surface area contributed by atoms with Gasteiger partial charge >= 0.3 is 0 Å². The third-order valence-electron chi connectivity index (χ3n) is 2.92. The van der Waals surface area contributed by atoms with Crippen LogP contribution in [-0.4, -0.2) is 42.4 Å². The molecule has 1 aliphatic rings.